The summed E-state index contributed by atoms with van der Waals surface area (Å²) in [5.41, 5.74) is 11.0. The maximum absolute atomic E-state index is 7.78. The zero-order valence-electron chi connectivity index (χ0n) is 43.0. The van der Waals surface area contributed by atoms with Gasteiger partial charge in [-0.1, -0.05) is 190 Å². The average molecular weight is 1000 g/mol. The Morgan fingerprint density at radius 1 is 0.403 bits per heavy atom. The molecule has 0 bridgehead atoms. The first kappa shape index (κ1) is 46.9. The Labute approximate surface area is 446 Å². The van der Waals surface area contributed by atoms with Gasteiger partial charge in [0.2, 0.25) is 0 Å². The third-order valence-corrected chi connectivity index (χ3v) is 14.9. The second-order valence-corrected chi connectivity index (χ2v) is 19.7. The van der Waals surface area contributed by atoms with E-state index in [1.165, 1.54) is 0 Å². The van der Waals surface area contributed by atoms with Gasteiger partial charge in [-0.2, -0.15) is 0 Å². The molecule has 0 radical (unpaired) electrons. The van der Waals surface area contributed by atoms with Crippen molar-refractivity contribution in [2.45, 2.75) is 24.9 Å². The summed E-state index contributed by atoms with van der Waals surface area (Å²) in [7, 11) is 5.02. The van der Waals surface area contributed by atoms with Crippen LogP contribution in [0.2, 0.25) is 0 Å². The fourth-order valence-corrected chi connectivity index (χ4v) is 11.0. The van der Waals surface area contributed by atoms with E-state index in [4.69, 9.17) is 48.9 Å². The summed E-state index contributed by atoms with van der Waals surface area (Å²) in [6.45, 7) is 4.58. The normalized spacial score (nSPS) is 14.8. The van der Waals surface area contributed by atoms with Crippen LogP contribution in [0.5, 0.6) is 23.0 Å². The largest absolute Gasteiger partial charge is 0.497 e. The average Bonchev–Trinajstić information content (AvgIpc) is 3.98. The van der Waals surface area contributed by atoms with Crippen molar-refractivity contribution in [3.63, 3.8) is 0 Å². The minimum Gasteiger partial charge on any atom is -0.497 e. The number of hydrogen-bond acceptors (Lipinski definition) is 10. The highest BCUT2D eigenvalue weighted by Gasteiger charge is 2.45. The topological polar surface area (TPSA) is 114 Å². The van der Waals surface area contributed by atoms with E-state index in [-0.39, 0.29) is 0 Å². The highest BCUT2D eigenvalue weighted by molar-refractivity contribution is 6.10. The molecular formula is C67H50N6O4. The first-order valence-corrected chi connectivity index (χ1v) is 25.5. The molecule has 1 aliphatic heterocycles. The van der Waals surface area contributed by atoms with Gasteiger partial charge in [0, 0.05) is 60.9 Å². The minimum atomic E-state index is -1.11. The number of aromatic nitrogens is 6. The van der Waals surface area contributed by atoms with Gasteiger partial charge in [0.05, 0.1) is 21.3 Å². The molecule has 9 aromatic carbocycles. The van der Waals surface area contributed by atoms with Crippen LogP contribution in [0.3, 0.4) is 0 Å². The molecule has 13 rings (SSSR count). The Kier molecular flexibility index (Phi) is 11.5. The standard InChI is InChI=1S/C67H50N6O4/c1-66(2)54-38-46(65-72-62(43-22-14-8-15-23-43)69-63(73-65)44-24-16-9-17-25-44)28-35-50(54)57-52-39-55(75-4)56(76-5)40-53(52)59-51(58(57)66)36-37-67(77-59,48-31-33-49(74-3)34-32-48)47-29-26-45(27-30-47)64-70-60(41-18-10-6-11-19-41)68-61(71-64)42-20-12-7-13-21-42/h6-40H,1-5H3. The van der Waals surface area contributed by atoms with Crippen LogP contribution in [0.15, 0.2) is 206 Å². The summed E-state index contributed by atoms with van der Waals surface area (Å²) in [5, 5.41) is 1.86. The zero-order valence-corrected chi connectivity index (χ0v) is 43.0. The molecule has 10 nitrogen and oxygen atoms in total. The molecule has 2 aromatic heterocycles. The molecule has 0 saturated heterocycles. The Morgan fingerprint density at radius 3 is 1.25 bits per heavy atom. The van der Waals surface area contributed by atoms with E-state index in [2.05, 4.69) is 86.7 Å². The fraction of sp³-hybridized carbons (Fsp3) is 0.104. The lowest BCUT2D eigenvalue weighted by Crippen LogP contribution is -2.35. The van der Waals surface area contributed by atoms with E-state index in [1.54, 1.807) is 21.3 Å². The number of nitrogens with zero attached hydrogens (tertiary/aromatic N) is 6. The smallest absolute Gasteiger partial charge is 0.178 e. The summed E-state index contributed by atoms with van der Waals surface area (Å²) in [4.78, 5) is 30.2. The van der Waals surface area contributed by atoms with Crippen molar-refractivity contribution in [1.82, 2.24) is 29.9 Å². The van der Waals surface area contributed by atoms with Gasteiger partial charge in [-0.05, 0) is 64.0 Å². The maximum Gasteiger partial charge on any atom is 0.178 e. The molecule has 11 aromatic rings. The molecule has 3 heterocycles. The number of hydrogen-bond donors (Lipinski definition) is 0. The van der Waals surface area contributed by atoms with Crippen molar-refractivity contribution in [2.24, 2.45) is 0 Å². The first-order valence-electron chi connectivity index (χ1n) is 25.5. The lowest BCUT2D eigenvalue weighted by Gasteiger charge is -2.38. The predicted octanol–water partition coefficient (Wildman–Crippen LogP) is 14.9. The second kappa shape index (κ2) is 18.8. The third-order valence-electron chi connectivity index (χ3n) is 14.9. The highest BCUT2D eigenvalue weighted by atomic mass is 16.5. The van der Waals surface area contributed by atoms with E-state index >= 15 is 0 Å². The Balaban J connectivity index is 0.973. The SMILES string of the molecule is COc1ccc(C2(c3ccc(-c4nc(-c5ccccc5)nc(-c5ccccc5)n4)cc3)C=Cc3c4c(c5cc(OC)c(OC)cc5c3O2)-c2ccc(-c3nc(-c5ccccc5)nc(-c5ccccc5)n3)cc2C4(C)C)cc1. The molecule has 0 spiro atoms. The summed E-state index contributed by atoms with van der Waals surface area (Å²) < 4.78 is 25.5. The van der Waals surface area contributed by atoms with Crippen LogP contribution in [-0.2, 0) is 11.0 Å². The number of ether oxygens (including phenoxy) is 4. The van der Waals surface area contributed by atoms with E-state index in [0.717, 1.165) is 94.6 Å². The molecule has 0 saturated carbocycles. The lowest BCUT2D eigenvalue weighted by molar-refractivity contribution is 0.163. The van der Waals surface area contributed by atoms with Crippen molar-refractivity contribution < 1.29 is 18.9 Å². The van der Waals surface area contributed by atoms with Gasteiger partial charge in [-0.15, -0.1) is 0 Å². The molecular weight excluding hydrogens is 953 g/mol. The fourth-order valence-electron chi connectivity index (χ4n) is 11.0. The Bertz CT molecular complexity index is 3960. The van der Waals surface area contributed by atoms with Crippen LogP contribution in [0.25, 0.3) is 96.3 Å². The van der Waals surface area contributed by atoms with E-state index in [0.29, 0.717) is 46.4 Å². The maximum atomic E-state index is 7.78. The Morgan fingerprint density at radius 2 is 0.805 bits per heavy atom. The second-order valence-electron chi connectivity index (χ2n) is 19.7. The molecule has 1 aliphatic carbocycles. The molecule has 2 aliphatic rings. The van der Waals surface area contributed by atoms with Crippen molar-refractivity contribution in [2.75, 3.05) is 21.3 Å². The third kappa shape index (κ3) is 8.04. The summed E-state index contributed by atoms with van der Waals surface area (Å²) in [6.07, 6.45) is 4.43. The number of methoxy groups -OCH3 is 3. The van der Waals surface area contributed by atoms with Gasteiger partial charge in [0.25, 0.3) is 0 Å². The van der Waals surface area contributed by atoms with E-state index < -0.39 is 11.0 Å². The van der Waals surface area contributed by atoms with Crippen LogP contribution in [0, 0.1) is 0 Å². The molecule has 1 unspecified atom stereocenters. The molecule has 372 valence electrons. The van der Waals surface area contributed by atoms with Crippen molar-refractivity contribution in [3.8, 4) is 102 Å². The minimum absolute atomic E-state index is 0.527. The van der Waals surface area contributed by atoms with Crippen molar-refractivity contribution in [1.29, 1.82) is 0 Å². The Hall–Kier alpha value is -9.80. The molecule has 77 heavy (non-hydrogen) atoms. The summed E-state index contributed by atoms with van der Waals surface area (Å²) >= 11 is 0. The number of benzene rings is 9. The predicted molar refractivity (Wildman–Crippen MR) is 304 cm³/mol. The molecule has 0 fully saturated rings. The molecule has 0 amide bonds. The number of rotatable bonds is 11. The van der Waals surface area contributed by atoms with Crippen molar-refractivity contribution in [3.05, 3.63) is 234 Å². The summed E-state index contributed by atoms with van der Waals surface area (Å²) in [6, 6.07) is 67.3. The van der Waals surface area contributed by atoms with E-state index in [1.807, 2.05) is 140 Å². The van der Waals surface area contributed by atoms with Crippen LogP contribution < -0.4 is 18.9 Å². The van der Waals surface area contributed by atoms with Gasteiger partial charge in [-0.3, -0.25) is 0 Å². The van der Waals surface area contributed by atoms with Gasteiger partial charge >= 0.3 is 0 Å². The molecule has 0 N–H and O–H groups in total. The zero-order chi connectivity index (χ0) is 52.3. The lowest BCUT2D eigenvalue weighted by atomic mass is 9.76. The molecule has 10 heteroatoms. The van der Waals surface area contributed by atoms with Crippen molar-refractivity contribution >= 4 is 16.8 Å². The van der Waals surface area contributed by atoms with Crippen LogP contribution in [-0.4, -0.2) is 51.2 Å². The quantitative estimate of drug-likeness (QED) is 0.124. The summed E-state index contributed by atoms with van der Waals surface area (Å²) in [5.74, 6) is 6.22. The highest BCUT2D eigenvalue weighted by Crippen LogP contribution is 2.59. The first-order chi connectivity index (χ1) is 37.7. The van der Waals surface area contributed by atoms with Crippen LogP contribution in [0.4, 0.5) is 0 Å². The van der Waals surface area contributed by atoms with Gasteiger partial charge in [-0.25, -0.2) is 29.9 Å². The van der Waals surface area contributed by atoms with Gasteiger partial charge < -0.3 is 18.9 Å². The van der Waals surface area contributed by atoms with Gasteiger partial charge in [0.15, 0.2) is 52.0 Å². The van der Waals surface area contributed by atoms with E-state index in [9.17, 15) is 0 Å². The van der Waals surface area contributed by atoms with Crippen LogP contribution >= 0.6 is 0 Å². The number of fused-ring (bicyclic) bond motifs is 8. The molecule has 1 atom stereocenters. The monoisotopic (exact) mass is 1000 g/mol. The van der Waals surface area contributed by atoms with Gasteiger partial charge in [0.1, 0.15) is 11.5 Å². The van der Waals surface area contributed by atoms with Crippen LogP contribution in [0.1, 0.15) is 41.7 Å².